The van der Waals surface area contributed by atoms with E-state index in [0.29, 0.717) is 58.0 Å². The van der Waals surface area contributed by atoms with E-state index in [4.69, 9.17) is 9.47 Å². The predicted molar refractivity (Wildman–Crippen MR) is 195 cm³/mol. The van der Waals surface area contributed by atoms with Crippen LogP contribution in [0.25, 0.3) is 6.08 Å². The minimum Gasteiger partial charge on any atom is -0.450 e. The van der Waals surface area contributed by atoms with Crippen LogP contribution >= 0.6 is 0 Å². The second kappa shape index (κ2) is 16.6. The van der Waals surface area contributed by atoms with Crippen molar-refractivity contribution < 1.29 is 41.9 Å². The van der Waals surface area contributed by atoms with Gasteiger partial charge >= 0.3 is 12.2 Å². The predicted octanol–water partition coefficient (Wildman–Crippen LogP) is 3.32. The molecule has 4 aliphatic heterocycles. The summed E-state index contributed by atoms with van der Waals surface area (Å²) in [5.74, 6) is -3.33. The summed E-state index contributed by atoms with van der Waals surface area (Å²) in [4.78, 5) is 71.7. The molecular weight excluding hydrogens is 703 g/mol. The van der Waals surface area contributed by atoms with Gasteiger partial charge in [-0.2, -0.15) is 0 Å². The highest BCUT2D eigenvalue weighted by atomic mass is 32.2. The smallest absolute Gasteiger partial charge is 0.410 e. The van der Waals surface area contributed by atoms with Gasteiger partial charge in [-0.15, -0.1) is 13.2 Å². The normalized spacial score (nSPS) is 25.5. The molecule has 7 rings (SSSR count). The lowest BCUT2D eigenvalue weighted by molar-refractivity contribution is -0.141. The van der Waals surface area contributed by atoms with E-state index < -0.39 is 75.3 Å². The summed E-state index contributed by atoms with van der Waals surface area (Å²) in [6.45, 7) is 8.22. The van der Waals surface area contributed by atoms with Gasteiger partial charge in [0.25, 0.3) is 5.91 Å². The molecule has 15 heteroatoms. The Bertz CT molecular complexity index is 1750. The van der Waals surface area contributed by atoms with Crippen molar-refractivity contribution >= 4 is 46.0 Å². The summed E-state index contributed by atoms with van der Waals surface area (Å²) in [6, 6.07) is 2.30. The van der Waals surface area contributed by atoms with Gasteiger partial charge in [0.05, 0.1) is 18.4 Å². The van der Waals surface area contributed by atoms with Crippen molar-refractivity contribution in [1.82, 2.24) is 25.2 Å². The van der Waals surface area contributed by atoms with Crippen LogP contribution in [0.3, 0.4) is 0 Å². The number of carbonyl (C=O) groups is 5. The Labute approximate surface area is 310 Å². The maximum absolute atomic E-state index is 14.5. The van der Waals surface area contributed by atoms with Gasteiger partial charge in [-0.05, 0) is 67.6 Å². The Hall–Kier alpha value is -4.66. The number of carbonyl (C=O) groups excluding carboxylic acids is 5. The number of hydrogen-bond acceptors (Lipinski definition) is 9. The van der Waals surface area contributed by atoms with E-state index >= 15 is 0 Å². The molecule has 6 bridgehead atoms. The fraction of sp³-hybridized carbons (Fsp3) is 0.553. The van der Waals surface area contributed by atoms with Crippen molar-refractivity contribution in [3.63, 3.8) is 0 Å². The Morgan fingerprint density at radius 2 is 1.79 bits per heavy atom. The molecule has 1 aromatic rings. The van der Waals surface area contributed by atoms with Gasteiger partial charge in [-0.25, -0.2) is 18.0 Å². The Morgan fingerprint density at radius 1 is 1.04 bits per heavy atom. The van der Waals surface area contributed by atoms with Crippen molar-refractivity contribution in [2.75, 3.05) is 19.7 Å². The van der Waals surface area contributed by atoms with Crippen LogP contribution < -0.4 is 15.4 Å². The van der Waals surface area contributed by atoms with Crippen LogP contribution in [0.5, 0.6) is 0 Å². The average molecular weight is 752 g/mol. The number of hydrogen-bond donors (Lipinski definition) is 3. The number of benzene rings is 1. The molecule has 0 radical (unpaired) electrons. The van der Waals surface area contributed by atoms with E-state index in [-0.39, 0.29) is 25.5 Å². The third-order valence-corrected chi connectivity index (χ3v) is 12.7. The summed E-state index contributed by atoms with van der Waals surface area (Å²) < 4.78 is 38.9. The molecule has 2 aliphatic carbocycles. The quantitative estimate of drug-likeness (QED) is 0.319. The number of rotatable bonds is 9. The van der Waals surface area contributed by atoms with E-state index in [2.05, 4.69) is 28.5 Å². The molecule has 0 aromatic heterocycles. The number of allylic oxidation sites excluding steroid dienone is 1. The van der Waals surface area contributed by atoms with Gasteiger partial charge in [0.15, 0.2) is 0 Å². The molecule has 3 fully saturated rings. The van der Waals surface area contributed by atoms with Crippen LogP contribution in [0.4, 0.5) is 9.59 Å². The van der Waals surface area contributed by atoms with Crippen molar-refractivity contribution in [3.05, 3.63) is 66.3 Å². The van der Waals surface area contributed by atoms with Gasteiger partial charge in [-0.1, -0.05) is 55.3 Å². The molecule has 53 heavy (non-hydrogen) atoms. The number of fused-ring (bicyclic) bond motifs is 10. The first-order chi connectivity index (χ1) is 25.5. The monoisotopic (exact) mass is 751 g/mol. The molecule has 1 unspecified atom stereocenters. The molecule has 2 saturated carbocycles. The lowest BCUT2D eigenvalue weighted by Crippen LogP contribution is -2.58. The highest BCUT2D eigenvalue weighted by molar-refractivity contribution is 7.90. The maximum atomic E-state index is 14.5. The Balaban J connectivity index is 1.28. The van der Waals surface area contributed by atoms with E-state index in [1.165, 1.54) is 17.1 Å². The number of nitrogens with one attached hydrogen (secondary N) is 3. The summed E-state index contributed by atoms with van der Waals surface area (Å²) >= 11 is 0. The third-order valence-electron chi connectivity index (χ3n) is 10.8. The van der Waals surface area contributed by atoms with E-state index in [0.717, 1.165) is 29.5 Å². The van der Waals surface area contributed by atoms with Crippen molar-refractivity contribution in [3.8, 4) is 0 Å². The van der Waals surface area contributed by atoms with Crippen LogP contribution in [0.1, 0.15) is 74.5 Å². The molecule has 14 nitrogen and oxygen atoms in total. The zero-order valence-electron chi connectivity index (χ0n) is 29.9. The minimum absolute atomic E-state index is 0.0912. The Kier molecular flexibility index (Phi) is 11.9. The highest BCUT2D eigenvalue weighted by Gasteiger charge is 2.47. The summed E-state index contributed by atoms with van der Waals surface area (Å²) in [5, 5.41) is 4.74. The number of sulfonamides is 1. The summed E-state index contributed by atoms with van der Waals surface area (Å²) in [6.07, 6.45) is 10.3. The lowest BCUT2D eigenvalue weighted by Gasteiger charge is -2.32. The topological polar surface area (TPSA) is 181 Å². The molecule has 4 heterocycles. The van der Waals surface area contributed by atoms with Crippen LogP contribution in [-0.4, -0.2) is 97.3 Å². The van der Waals surface area contributed by atoms with E-state index in [9.17, 15) is 32.4 Å². The molecule has 1 aromatic carbocycles. The van der Waals surface area contributed by atoms with Crippen LogP contribution in [0.2, 0.25) is 0 Å². The zero-order valence-corrected chi connectivity index (χ0v) is 30.7. The van der Waals surface area contributed by atoms with E-state index in [1.54, 1.807) is 4.90 Å². The Morgan fingerprint density at radius 3 is 2.51 bits per heavy atom. The molecule has 0 spiro atoms. The third kappa shape index (κ3) is 8.94. The fourth-order valence-electron chi connectivity index (χ4n) is 7.76. The number of ether oxygens (including phenoxy) is 2. The first kappa shape index (κ1) is 38.1. The van der Waals surface area contributed by atoms with Crippen LogP contribution in [0, 0.1) is 11.8 Å². The SMILES string of the molecule is C=CC(C=C)C(NC(=O)[C@@H]1C[C@@H]2CN1C(=O)[C@H](C1CCCC1)NC(=O)OCCC/C=C/c1cccc3c1CCN(C3)C(=O)O2)C(=O)NS(=O)(=O)C1CC1. The molecule has 6 aliphatic rings. The first-order valence-electron chi connectivity index (χ1n) is 18.6. The van der Waals surface area contributed by atoms with Crippen LogP contribution in [0.15, 0.2) is 49.6 Å². The van der Waals surface area contributed by atoms with Gasteiger partial charge in [-0.3, -0.25) is 19.1 Å². The number of amides is 5. The van der Waals surface area contributed by atoms with Gasteiger partial charge < -0.3 is 29.9 Å². The van der Waals surface area contributed by atoms with Gasteiger partial charge in [0, 0.05) is 25.4 Å². The number of nitrogens with zero attached hydrogens (tertiary/aromatic N) is 2. The summed E-state index contributed by atoms with van der Waals surface area (Å²) in [7, 11) is -3.95. The van der Waals surface area contributed by atoms with Crippen molar-refractivity contribution in [2.24, 2.45) is 11.8 Å². The summed E-state index contributed by atoms with van der Waals surface area (Å²) in [5.41, 5.74) is 3.21. The van der Waals surface area contributed by atoms with E-state index in [1.807, 2.05) is 30.4 Å². The second-order valence-corrected chi connectivity index (χ2v) is 16.5. The maximum Gasteiger partial charge on any atom is 0.410 e. The average Bonchev–Trinajstić information content (AvgIpc) is 3.72. The molecule has 5 amide bonds. The molecule has 1 saturated heterocycles. The van der Waals surface area contributed by atoms with Crippen molar-refractivity contribution in [1.29, 1.82) is 0 Å². The van der Waals surface area contributed by atoms with Crippen molar-refractivity contribution in [2.45, 2.75) is 100 Å². The van der Waals surface area contributed by atoms with Gasteiger partial charge in [0.2, 0.25) is 21.8 Å². The standard InChI is InChI=1S/C38H49N5O9S/c1-3-24(4-2)32(35(45)41-53(49,50)29-16-17-29)39-34(44)31-21-28-23-43(31)36(46)33(26-12-7-8-13-26)40-37(47)51-20-9-5-6-11-25-14-10-15-27-22-42(38(48)52-28)19-18-30(25)27/h3-4,6,10-11,14-15,24,26,28-29,31-33H,1-2,5,7-9,12-13,16-23H2,(H,39,44)(H,40,47)(H,41,45)/b11-6+/t28-,31+,32?,33+/m1/s1. The lowest BCUT2D eigenvalue weighted by atomic mass is 9.94. The van der Waals surface area contributed by atoms with Gasteiger partial charge in [0.1, 0.15) is 24.2 Å². The molecule has 4 atom stereocenters. The number of alkyl carbamates (subject to hydrolysis) is 1. The fourth-order valence-corrected chi connectivity index (χ4v) is 9.09. The molecule has 286 valence electrons. The first-order valence-corrected chi connectivity index (χ1v) is 20.1. The minimum atomic E-state index is -3.95. The molecule has 3 N–H and O–H groups in total. The zero-order chi connectivity index (χ0) is 37.7. The largest absolute Gasteiger partial charge is 0.450 e. The molecular formula is C38H49N5O9S. The highest BCUT2D eigenvalue weighted by Crippen LogP contribution is 2.32. The second-order valence-electron chi connectivity index (χ2n) is 14.5. The van der Waals surface area contributed by atoms with Crippen LogP contribution in [-0.2, 0) is 46.8 Å².